The Labute approximate surface area is 108 Å². The van der Waals surface area contributed by atoms with Crippen LogP contribution in [0.15, 0.2) is 24.5 Å². The summed E-state index contributed by atoms with van der Waals surface area (Å²) in [5.74, 6) is -1.01. The summed E-state index contributed by atoms with van der Waals surface area (Å²) in [5.41, 5.74) is -0.0878. The maximum Gasteiger partial charge on any atom is 0.337 e. The number of aromatic carboxylic acids is 1. The SMILES string of the molecule is Cn1cnnc1CCNc1c(F)cccc1C(=O)O. The molecule has 0 radical (unpaired) electrons. The molecule has 6 nitrogen and oxygen atoms in total. The fraction of sp³-hybridized carbons (Fsp3) is 0.250. The van der Waals surface area contributed by atoms with Gasteiger partial charge in [-0.3, -0.25) is 0 Å². The summed E-state index contributed by atoms with van der Waals surface area (Å²) >= 11 is 0. The van der Waals surface area contributed by atoms with Crippen LogP contribution in [0.5, 0.6) is 0 Å². The van der Waals surface area contributed by atoms with Gasteiger partial charge in [-0.15, -0.1) is 10.2 Å². The van der Waals surface area contributed by atoms with Crippen LogP contribution in [0.2, 0.25) is 0 Å². The van der Waals surface area contributed by atoms with Crippen LogP contribution in [0.1, 0.15) is 16.2 Å². The van der Waals surface area contributed by atoms with Crippen LogP contribution in [0, 0.1) is 5.82 Å². The molecule has 0 aliphatic rings. The molecule has 0 aliphatic heterocycles. The molecule has 1 heterocycles. The molecule has 0 spiro atoms. The predicted molar refractivity (Wildman–Crippen MR) is 66.6 cm³/mol. The Morgan fingerprint density at radius 1 is 1.53 bits per heavy atom. The van der Waals surface area contributed by atoms with E-state index >= 15 is 0 Å². The molecule has 0 bridgehead atoms. The highest BCUT2D eigenvalue weighted by Crippen LogP contribution is 2.19. The molecular formula is C12H13FN4O2. The molecule has 2 aromatic rings. The van der Waals surface area contributed by atoms with Crippen LogP contribution in [-0.2, 0) is 13.5 Å². The second-order valence-electron chi connectivity index (χ2n) is 4.00. The summed E-state index contributed by atoms with van der Waals surface area (Å²) in [4.78, 5) is 11.0. The van der Waals surface area contributed by atoms with Gasteiger partial charge in [0.15, 0.2) is 0 Å². The third-order valence-corrected chi connectivity index (χ3v) is 2.70. The Bertz CT molecular complexity index is 597. The Hall–Kier alpha value is -2.44. The molecule has 2 N–H and O–H groups in total. The quantitative estimate of drug-likeness (QED) is 0.851. The Kier molecular flexibility index (Phi) is 3.74. The number of aryl methyl sites for hydroxylation is 1. The minimum absolute atomic E-state index is 0.00262. The minimum atomic E-state index is -1.17. The van der Waals surface area contributed by atoms with Crippen LogP contribution in [0.25, 0.3) is 0 Å². The van der Waals surface area contributed by atoms with E-state index in [0.717, 1.165) is 5.82 Å². The van der Waals surface area contributed by atoms with E-state index in [2.05, 4.69) is 15.5 Å². The van der Waals surface area contributed by atoms with Gasteiger partial charge in [0.2, 0.25) is 0 Å². The molecule has 0 unspecified atom stereocenters. The van der Waals surface area contributed by atoms with Gasteiger partial charge in [0.05, 0.1) is 11.3 Å². The van der Waals surface area contributed by atoms with Gasteiger partial charge in [0.25, 0.3) is 0 Å². The second kappa shape index (κ2) is 5.47. The highest BCUT2D eigenvalue weighted by atomic mass is 19.1. The Morgan fingerprint density at radius 3 is 2.95 bits per heavy atom. The number of halogens is 1. The van der Waals surface area contributed by atoms with Crippen LogP contribution in [0.4, 0.5) is 10.1 Å². The van der Waals surface area contributed by atoms with Gasteiger partial charge in [-0.25, -0.2) is 9.18 Å². The first kappa shape index (κ1) is 13.0. The normalized spacial score (nSPS) is 10.4. The highest BCUT2D eigenvalue weighted by Gasteiger charge is 2.13. The van der Waals surface area contributed by atoms with Crippen molar-refractivity contribution < 1.29 is 14.3 Å². The van der Waals surface area contributed by atoms with Crippen molar-refractivity contribution in [1.29, 1.82) is 0 Å². The van der Waals surface area contributed by atoms with Gasteiger partial charge in [-0.1, -0.05) is 6.07 Å². The zero-order valence-electron chi connectivity index (χ0n) is 10.3. The number of carboxylic acid groups (broad SMARTS) is 1. The smallest absolute Gasteiger partial charge is 0.337 e. The van der Waals surface area contributed by atoms with Crippen molar-refractivity contribution in [2.24, 2.45) is 7.05 Å². The monoisotopic (exact) mass is 264 g/mol. The molecular weight excluding hydrogens is 251 g/mol. The number of hydrogen-bond donors (Lipinski definition) is 2. The maximum absolute atomic E-state index is 13.6. The van der Waals surface area contributed by atoms with Crippen LogP contribution in [0.3, 0.4) is 0 Å². The van der Waals surface area contributed by atoms with Crippen molar-refractivity contribution >= 4 is 11.7 Å². The second-order valence-corrected chi connectivity index (χ2v) is 4.00. The molecule has 0 saturated carbocycles. The van der Waals surface area contributed by atoms with E-state index in [1.54, 1.807) is 17.9 Å². The lowest BCUT2D eigenvalue weighted by Crippen LogP contribution is -2.13. The molecule has 0 aliphatic carbocycles. The van der Waals surface area contributed by atoms with Crippen LogP contribution in [-0.4, -0.2) is 32.4 Å². The van der Waals surface area contributed by atoms with Gasteiger partial charge in [0, 0.05) is 20.0 Å². The van der Waals surface area contributed by atoms with Gasteiger partial charge in [0.1, 0.15) is 18.0 Å². The van der Waals surface area contributed by atoms with E-state index in [4.69, 9.17) is 5.11 Å². The summed E-state index contributed by atoms with van der Waals surface area (Å²) in [6.07, 6.45) is 2.09. The number of aromatic nitrogens is 3. The van der Waals surface area contributed by atoms with Crippen LogP contribution >= 0.6 is 0 Å². The van der Waals surface area contributed by atoms with Crippen molar-refractivity contribution in [3.63, 3.8) is 0 Å². The van der Waals surface area contributed by atoms with Gasteiger partial charge < -0.3 is 15.0 Å². The fourth-order valence-corrected chi connectivity index (χ4v) is 1.71. The van der Waals surface area contributed by atoms with Crippen molar-refractivity contribution in [3.8, 4) is 0 Å². The van der Waals surface area contributed by atoms with Crippen molar-refractivity contribution in [2.75, 3.05) is 11.9 Å². The Balaban J connectivity index is 2.07. The standard InChI is InChI=1S/C12H13FN4O2/c1-17-7-15-16-10(17)5-6-14-11-8(12(18)19)3-2-4-9(11)13/h2-4,7,14H,5-6H2,1H3,(H,18,19). The largest absolute Gasteiger partial charge is 0.478 e. The molecule has 7 heteroatoms. The number of para-hydroxylation sites is 1. The predicted octanol–water partition coefficient (Wildman–Crippen LogP) is 1.31. The zero-order chi connectivity index (χ0) is 13.8. The number of anilines is 1. The van der Waals surface area contributed by atoms with Crippen molar-refractivity contribution in [2.45, 2.75) is 6.42 Å². The first-order chi connectivity index (χ1) is 9.09. The summed E-state index contributed by atoms with van der Waals surface area (Å²) < 4.78 is 15.3. The average molecular weight is 264 g/mol. The average Bonchev–Trinajstić information content (AvgIpc) is 2.77. The topological polar surface area (TPSA) is 80.0 Å². The molecule has 0 atom stereocenters. The van der Waals surface area contributed by atoms with E-state index in [9.17, 15) is 9.18 Å². The lowest BCUT2D eigenvalue weighted by Gasteiger charge is -2.10. The molecule has 100 valence electrons. The highest BCUT2D eigenvalue weighted by molar-refractivity contribution is 5.94. The van der Waals surface area contributed by atoms with E-state index in [1.807, 2.05) is 0 Å². The Morgan fingerprint density at radius 2 is 2.32 bits per heavy atom. The summed E-state index contributed by atoms with van der Waals surface area (Å²) in [7, 11) is 1.81. The van der Waals surface area contributed by atoms with Crippen molar-refractivity contribution in [3.05, 3.63) is 41.7 Å². The first-order valence-corrected chi connectivity index (χ1v) is 5.68. The molecule has 0 amide bonds. The molecule has 2 rings (SSSR count). The first-order valence-electron chi connectivity index (χ1n) is 5.68. The van der Waals surface area contributed by atoms with E-state index < -0.39 is 11.8 Å². The summed E-state index contributed by atoms with van der Waals surface area (Å²) in [5, 5.41) is 19.4. The number of carbonyl (C=O) groups is 1. The number of rotatable bonds is 5. The maximum atomic E-state index is 13.6. The van der Waals surface area contributed by atoms with Gasteiger partial charge >= 0.3 is 5.97 Å². The fourth-order valence-electron chi connectivity index (χ4n) is 1.71. The molecule has 1 aromatic heterocycles. The van der Waals surface area contributed by atoms with Gasteiger partial charge in [-0.05, 0) is 12.1 Å². The number of benzene rings is 1. The minimum Gasteiger partial charge on any atom is -0.478 e. The van der Waals surface area contributed by atoms with E-state index in [1.165, 1.54) is 18.2 Å². The van der Waals surface area contributed by atoms with Crippen LogP contribution < -0.4 is 5.32 Å². The summed E-state index contributed by atoms with van der Waals surface area (Å²) in [6.45, 7) is 0.369. The van der Waals surface area contributed by atoms with E-state index in [0.29, 0.717) is 13.0 Å². The molecule has 0 saturated heterocycles. The third-order valence-electron chi connectivity index (χ3n) is 2.70. The molecule has 1 aromatic carbocycles. The van der Waals surface area contributed by atoms with E-state index in [-0.39, 0.29) is 11.3 Å². The van der Waals surface area contributed by atoms with Crippen molar-refractivity contribution in [1.82, 2.24) is 14.8 Å². The third kappa shape index (κ3) is 2.87. The number of nitrogens with one attached hydrogen (secondary N) is 1. The summed E-state index contributed by atoms with van der Waals surface area (Å²) in [6, 6.07) is 3.94. The van der Waals surface area contributed by atoms with Gasteiger partial charge in [-0.2, -0.15) is 0 Å². The number of carboxylic acids is 1. The lowest BCUT2D eigenvalue weighted by molar-refractivity contribution is 0.0697. The lowest BCUT2D eigenvalue weighted by atomic mass is 10.1. The number of nitrogens with zero attached hydrogens (tertiary/aromatic N) is 3. The zero-order valence-corrected chi connectivity index (χ0v) is 10.3. The molecule has 0 fully saturated rings. The molecule has 19 heavy (non-hydrogen) atoms. The number of hydrogen-bond acceptors (Lipinski definition) is 4.